The van der Waals surface area contributed by atoms with Gasteiger partial charge in [-0.15, -0.1) is 0 Å². The molecule has 0 saturated heterocycles. The summed E-state index contributed by atoms with van der Waals surface area (Å²) in [7, 11) is 0. The summed E-state index contributed by atoms with van der Waals surface area (Å²) in [6.45, 7) is 4.14. The average molecular weight is 267 g/mol. The molecule has 0 aromatic heterocycles. The first-order chi connectivity index (χ1) is 9.25. The van der Waals surface area contributed by atoms with Crippen molar-refractivity contribution in [3.63, 3.8) is 0 Å². The Bertz CT molecular complexity index is 571. The second kappa shape index (κ2) is 6.95. The predicted molar refractivity (Wildman–Crippen MR) is 85.3 cm³/mol. The molecule has 0 heterocycles. The summed E-state index contributed by atoms with van der Waals surface area (Å²) in [5, 5.41) is 2.15. The maximum atomic E-state index is 4.61. The number of hydrogen-bond acceptors (Lipinski definition) is 2. The summed E-state index contributed by atoms with van der Waals surface area (Å²) in [6, 6.07) is 20.4. The van der Waals surface area contributed by atoms with Gasteiger partial charge in [0.15, 0.2) is 0 Å². The van der Waals surface area contributed by atoms with Gasteiger partial charge in [0.25, 0.3) is 0 Å². The van der Waals surface area contributed by atoms with Crippen molar-refractivity contribution in [2.75, 3.05) is 0 Å². The summed E-state index contributed by atoms with van der Waals surface area (Å²) in [5.41, 5.74) is 3.24. The van der Waals surface area contributed by atoms with Crippen molar-refractivity contribution in [2.24, 2.45) is 4.99 Å². The zero-order valence-electron chi connectivity index (χ0n) is 11.2. The summed E-state index contributed by atoms with van der Waals surface area (Å²) in [5.74, 6) is 0. The number of aliphatic imine (C=N–C) groups is 1. The molecule has 2 rings (SSSR count). The molecule has 0 radical (unpaired) electrons. The highest BCUT2D eigenvalue weighted by Gasteiger charge is 1.96. The molecule has 0 aliphatic heterocycles. The lowest BCUT2D eigenvalue weighted by molar-refractivity contribution is 1.45. The summed E-state index contributed by atoms with van der Waals surface area (Å²) in [6.07, 6.45) is 0. The fourth-order valence-electron chi connectivity index (χ4n) is 1.53. The van der Waals surface area contributed by atoms with Crippen molar-refractivity contribution >= 4 is 23.2 Å². The quantitative estimate of drug-likeness (QED) is 0.528. The van der Waals surface area contributed by atoms with E-state index in [2.05, 4.69) is 41.6 Å². The molecule has 0 aliphatic rings. The highest BCUT2D eigenvalue weighted by Crippen LogP contribution is 2.21. The van der Waals surface area contributed by atoms with Crippen LogP contribution in [-0.2, 0) is 0 Å². The van der Waals surface area contributed by atoms with E-state index in [4.69, 9.17) is 0 Å². The van der Waals surface area contributed by atoms with E-state index in [0.29, 0.717) is 0 Å². The van der Waals surface area contributed by atoms with Crippen LogP contribution in [0.3, 0.4) is 0 Å². The number of benzene rings is 2. The van der Waals surface area contributed by atoms with Crippen molar-refractivity contribution < 1.29 is 0 Å². The third-order valence-corrected chi connectivity index (χ3v) is 3.75. The molecule has 2 aromatic rings. The van der Waals surface area contributed by atoms with Gasteiger partial charge in [-0.25, -0.2) is 0 Å². The van der Waals surface area contributed by atoms with E-state index in [9.17, 15) is 0 Å². The minimum absolute atomic E-state index is 0.998. The molecule has 19 heavy (non-hydrogen) atoms. The largest absolute Gasteiger partial charge is 0.253 e. The summed E-state index contributed by atoms with van der Waals surface area (Å²) >= 11 is 1.72. The lowest BCUT2D eigenvalue weighted by Crippen LogP contribution is -1.91. The predicted octanol–water partition coefficient (Wildman–Crippen LogP) is 5.48. The Hall–Kier alpha value is -1.80. The molecular formula is C17H17NS. The van der Waals surface area contributed by atoms with Gasteiger partial charge in [-0.2, -0.15) is 0 Å². The van der Waals surface area contributed by atoms with E-state index < -0.39 is 0 Å². The Morgan fingerprint density at radius 1 is 0.895 bits per heavy atom. The van der Waals surface area contributed by atoms with Gasteiger partial charge in [0.05, 0.1) is 5.69 Å². The molecule has 0 saturated carbocycles. The summed E-state index contributed by atoms with van der Waals surface area (Å²) in [4.78, 5) is 5.85. The van der Waals surface area contributed by atoms with Crippen LogP contribution >= 0.6 is 11.8 Å². The van der Waals surface area contributed by atoms with E-state index in [1.165, 1.54) is 10.5 Å². The first kappa shape index (κ1) is 13.6. The van der Waals surface area contributed by atoms with E-state index in [-0.39, 0.29) is 0 Å². The molecule has 0 amide bonds. The van der Waals surface area contributed by atoms with Crippen LogP contribution in [0.25, 0.3) is 0 Å². The Labute approximate surface area is 119 Å². The van der Waals surface area contributed by atoms with Crippen molar-refractivity contribution in [3.8, 4) is 0 Å². The molecule has 2 heteroatoms. The third kappa shape index (κ3) is 4.42. The van der Waals surface area contributed by atoms with Crippen LogP contribution in [0.2, 0.25) is 0 Å². The van der Waals surface area contributed by atoms with Gasteiger partial charge in [0, 0.05) is 10.6 Å². The van der Waals surface area contributed by atoms with Crippen molar-refractivity contribution in [1.29, 1.82) is 0 Å². The molecule has 0 N–H and O–H groups in total. The Morgan fingerprint density at radius 2 is 1.47 bits per heavy atom. The Balaban J connectivity index is 2.07. The van der Waals surface area contributed by atoms with Crippen LogP contribution in [0.15, 0.2) is 81.5 Å². The van der Waals surface area contributed by atoms with Gasteiger partial charge in [0.1, 0.15) is 0 Å². The third-order valence-electron chi connectivity index (χ3n) is 2.74. The van der Waals surface area contributed by atoms with Gasteiger partial charge in [-0.05, 0) is 49.1 Å². The number of para-hydroxylation sites is 1. The van der Waals surface area contributed by atoms with Crippen LogP contribution in [0.5, 0.6) is 0 Å². The second-order valence-corrected chi connectivity index (χ2v) is 5.21. The SMILES string of the molecule is CC(=Nc1ccccc1)/C(C)=C/Sc1ccccc1. The molecule has 1 nitrogen and oxygen atoms in total. The maximum Gasteiger partial charge on any atom is 0.0632 e. The first-order valence-electron chi connectivity index (χ1n) is 6.25. The number of allylic oxidation sites excluding steroid dienone is 1. The monoisotopic (exact) mass is 267 g/mol. The van der Waals surface area contributed by atoms with Crippen LogP contribution in [0.1, 0.15) is 13.8 Å². The maximum absolute atomic E-state index is 4.61. The first-order valence-corrected chi connectivity index (χ1v) is 7.13. The van der Waals surface area contributed by atoms with Crippen LogP contribution in [0.4, 0.5) is 5.69 Å². The van der Waals surface area contributed by atoms with Crippen LogP contribution in [0, 0.1) is 0 Å². The Kier molecular flexibility index (Phi) is 4.99. The minimum atomic E-state index is 0.998. The highest BCUT2D eigenvalue weighted by molar-refractivity contribution is 8.02. The lowest BCUT2D eigenvalue weighted by atomic mass is 10.2. The van der Waals surface area contributed by atoms with Gasteiger partial charge in [0.2, 0.25) is 0 Å². The normalized spacial score (nSPS) is 12.5. The molecule has 0 atom stereocenters. The molecular weight excluding hydrogens is 250 g/mol. The van der Waals surface area contributed by atoms with E-state index in [0.717, 1.165) is 11.4 Å². The summed E-state index contributed by atoms with van der Waals surface area (Å²) < 4.78 is 0. The van der Waals surface area contributed by atoms with Crippen LogP contribution in [-0.4, -0.2) is 5.71 Å². The van der Waals surface area contributed by atoms with Crippen LogP contribution < -0.4 is 0 Å². The fourth-order valence-corrected chi connectivity index (χ4v) is 2.32. The smallest absolute Gasteiger partial charge is 0.0632 e. The standard InChI is InChI=1S/C17H17NS/c1-14(13-19-17-11-7-4-8-12-17)15(2)18-16-9-5-3-6-10-16/h3-13H,1-2H3/b14-13+,18-15?. The van der Waals surface area contributed by atoms with Gasteiger partial charge in [-0.3, -0.25) is 4.99 Å². The van der Waals surface area contributed by atoms with Crippen molar-refractivity contribution in [1.82, 2.24) is 0 Å². The second-order valence-electron chi connectivity index (χ2n) is 4.26. The van der Waals surface area contributed by atoms with Crippen molar-refractivity contribution in [2.45, 2.75) is 18.7 Å². The fraction of sp³-hybridized carbons (Fsp3) is 0.118. The molecule has 0 spiro atoms. The van der Waals surface area contributed by atoms with Gasteiger partial charge >= 0.3 is 0 Å². The molecule has 2 aromatic carbocycles. The van der Waals surface area contributed by atoms with Gasteiger partial charge in [-0.1, -0.05) is 48.2 Å². The lowest BCUT2D eigenvalue weighted by Gasteiger charge is -2.02. The average Bonchev–Trinajstić information content (AvgIpc) is 2.47. The van der Waals surface area contributed by atoms with E-state index in [1.54, 1.807) is 11.8 Å². The molecule has 0 fully saturated rings. The molecule has 0 aliphatic carbocycles. The zero-order valence-corrected chi connectivity index (χ0v) is 12.0. The topological polar surface area (TPSA) is 12.4 Å². The molecule has 0 unspecified atom stereocenters. The van der Waals surface area contributed by atoms with E-state index >= 15 is 0 Å². The number of nitrogens with zero attached hydrogens (tertiary/aromatic N) is 1. The minimum Gasteiger partial charge on any atom is -0.253 e. The number of hydrogen-bond donors (Lipinski definition) is 0. The molecule has 0 bridgehead atoms. The van der Waals surface area contributed by atoms with E-state index in [1.807, 2.05) is 43.3 Å². The van der Waals surface area contributed by atoms with Crippen molar-refractivity contribution in [3.05, 3.63) is 71.6 Å². The highest BCUT2D eigenvalue weighted by atomic mass is 32.2. The number of thioether (sulfide) groups is 1. The Morgan fingerprint density at radius 3 is 2.11 bits per heavy atom. The van der Waals surface area contributed by atoms with Gasteiger partial charge < -0.3 is 0 Å². The number of rotatable bonds is 4. The molecule has 96 valence electrons. The zero-order chi connectivity index (χ0) is 13.5.